The molecule has 0 saturated heterocycles. The normalized spacial score (nSPS) is 14.5. The van der Waals surface area contributed by atoms with Crippen LogP contribution in [0.4, 0.5) is 0 Å². The lowest BCUT2D eigenvalue weighted by Crippen LogP contribution is -2.12. The smallest absolute Gasteiger partial charge is 0.164 e. The van der Waals surface area contributed by atoms with Crippen LogP contribution < -0.4 is 0 Å². The number of thiophene rings is 1. The van der Waals surface area contributed by atoms with Gasteiger partial charge in [0.25, 0.3) is 0 Å². The molecule has 52 heavy (non-hydrogen) atoms. The van der Waals surface area contributed by atoms with E-state index in [1.165, 1.54) is 25.7 Å². The van der Waals surface area contributed by atoms with Crippen molar-refractivity contribution in [3.05, 3.63) is 151 Å². The Morgan fingerprint density at radius 2 is 1.13 bits per heavy atom. The van der Waals surface area contributed by atoms with Crippen molar-refractivity contribution in [1.29, 1.82) is 0 Å². The van der Waals surface area contributed by atoms with Gasteiger partial charge in [-0.1, -0.05) is 110 Å². The van der Waals surface area contributed by atoms with Crippen molar-refractivity contribution < 1.29 is 8.83 Å². The second-order valence-electron chi connectivity index (χ2n) is 13.5. The molecule has 6 aromatic carbocycles. The fraction of sp³-hybridized carbons (Fsp3) is 0.0652. The van der Waals surface area contributed by atoms with E-state index in [1.807, 2.05) is 53.8 Å². The molecule has 0 aliphatic heterocycles. The Labute approximate surface area is 302 Å². The Bertz CT molecular complexity index is 3080. The molecular formula is C46H29N3O2S. The quantitative estimate of drug-likeness (QED) is 0.184. The number of fused-ring (bicyclic) bond motifs is 9. The molecule has 0 amide bonds. The third kappa shape index (κ3) is 4.44. The van der Waals surface area contributed by atoms with Crippen molar-refractivity contribution in [3.63, 3.8) is 0 Å². The van der Waals surface area contributed by atoms with Gasteiger partial charge in [-0.05, 0) is 53.5 Å². The lowest BCUT2D eigenvalue weighted by molar-refractivity contribution is 0.517. The second-order valence-corrected chi connectivity index (χ2v) is 14.6. The van der Waals surface area contributed by atoms with E-state index in [0.717, 1.165) is 72.9 Å². The number of para-hydroxylation sites is 1. The highest BCUT2D eigenvalue weighted by Gasteiger charge is 2.27. The van der Waals surface area contributed by atoms with Gasteiger partial charge in [0.15, 0.2) is 17.5 Å². The number of benzene rings is 6. The SMILES string of the molecule is CC1Cc2oc3ccccc3c2C=C1c1nc(-c2ccccc2)nc(-c2cccc3oc4cccc(-c5cccc6sc7ccccc7c56)c4c23)n1. The van der Waals surface area contributed by atoms with Gasteiger partial charge < -0.3 is 8.83 Å². The molecule has 0 radical (unpaired) electrons. The molecule has 1 atom stereocenters. The van der Waals surface area contributed by atoms with Crippen molar-refractivity contribution >= 4 is 76.1 Å². The summed E-state index contributed by atoms with van der Waals surface area (Å²) in [7, 11) is 0. The lowest BCUT2D eigenvalue weighted by Gasteiger charge is -2.20. The predicted molar refractivity (Wildman–Crippen MR) is 213 cm³/mol. The average Bonchev–Trinajstić information content (AvgIpc) is 3.88. The summed E-state index contributed by atoms with van der Waals surface area (Å²) in [4.78, 5) is 15.6. The lowest BCUT2D eigenvalue weighted by atomic mass is 9.87. The fourth-order valence-electron chi connectivity index (χ4n) is 8.01. The minimum Gasteiger partial charge on any atom is -0.460 e. The molecule has 246 valence electrons. The molecule has 0 bridgehead atoms. The van der Waals surface area contributed by atoms with Gasteiger partial charge in [0.2, 0.25) is 0 Å². The summed E-state index contributed by atoms with van der Waals surface area (Å²) in [6.07, 6.45) is 2.99. The van der Waals surface area contributed by atoms with Crippen LogP contribution in [0.15, 0.2) is 142 Å². The maximum Gasteiger partial charge on any atom is 0.164 e. The van der Waals surface area contributed by atoms with Crippen molar-refractivity contribution in [1.82, 2.24) is 15.0 Å². The first-order valence-electron chi connectivity index (χ1n) is 17.6. The second kappa shape index (κ2) is 11.3. The molecule has 1 unspecified atom stereocenters. The molecule has 4 heterocycles. The van der Waals surface area contributed by atoms with Gasteiger partial charge in [-0.3, -0.25) is 0 Å². The fourth-order valence-corrected chi connectivity index (χ4v) is 9.15. The van der Waals surface area contributed by atoms with Crippen LogP contribution in [0.3, 0.4) is 0 Å². The first kappa shape index (κ1) is 29.4. The van der Waals surface area contributed by atoms with E-state index < -0.39 is 0 Å². The Balaban J connectivity index is 1.18. The Hall–Kier alpha value is -6.37. The van der Waals surface area contributed by atoms with Gasteiger partial charge in [0.1, 0.15) is 22.5 Å². The minimum absolute atomic E-state index is 0.144. The zero-order chi connectivity index (χ0) is 34.3. The highest BCUT2D eigenvalue weighted by molar-refractivity contribution is 7.25. The molecule has 0 N–H and O–H groups in total. The van der Waals surface area contributed by atoms with Crippen molar-refractivity contribution in [2.75, 3.05) is 0 Å². The molecule has 11 rings (SSSR count). The summed E-state index contributed by atoms with van der Waals surface area (Å²) >= 11 is 1.83. The first-order chi connectivity index (χ1) is 25.7. The predicted octanol–water partition coefficient (Wildman–Crippen LogP) is 12.6. The van der Waals surface area contributed by atoms with Gasteiger partial charge in [-0.2, -0.15) is 0 Å². The number of nitrogens with zero attached hydrogens (tertiary/aromatic N) is 3. The molecule has 5 nitrogen and oxygen atoms in total. The van der Waals surface area contributed by atoms with Gasteiger partial charge in [-0.25, -0.2) is 15.0 Å². The molecule has 0 saturated carbocycles. The maximum atomic E-state index is 6.62. The van der Waals surface area contributed by atoms with E-state index in [1.54, 1.807) is 0 Å². The highest BCUT2D eigenvalue weighted by atomic mass is 32.1. The van der Waals surface area contributed by atoms with Gasteiger partial charge in [-0.15, -0.1) is 11.3 Å². The van der Waals surface area contributed by atoms with Crippen molar-refractivity contribution in [2.45, 2.75) is 13.3 Å². The molecule has 1 aliphatic carbocycles. The zero-order valence-corrected chi connectivity index (χ0v) is 28.9. The number of aromatic nitrogens is 3. The Morgan fingerprint density at radius 3 is 1.98 bits per heavy atom. The monoisotopic (exact) mass is 687 g/mol. The van der Waals surface area contributed by atoms with Crippen LogP contribution in [0.5, 0.6) is 0 Å². The zero-order valence-electron chi connectivity index (χ0n) is 28.1. The third-order valence-corrected chi connectivity index (χ3v) is 11.6. The largest absolute Gasteiger partial charge is 0.460 e. The van der Waals surface area contributed by atoms with E-state index in [2.05, 4.69) is 104 Å². The van der Waals surface area contributed by atoms with Gasteiger partial charge in [0, 0.05) is 65.0 Å². The van der Waals surface area contributed by atoms with E-state index in [4.69, 9.17) is 23.8 Å². The number of furan rings is 2. The minimum atomic E-state index is 0.144. The van der Waals surface area contributed by atoms with E-state index in [-0.39, 0.29) is 5.92 Å². The molecule has 1 aliphatic rings. The topological polar surface area (TPSA) is 65.0 Å². The molecule has 0 fully saturated rings. The molecule has 6 heteroatoms. The molecule has 0 spiro atoms. The van der Waals surface area contributed by atoms with Gasteiger partial charge in [0.05, 0.1) is 0 Å². The summed E-state index contributed by atoms with van der Waals surface area (Å²) < 4.78 is 15.5. The first-order valence-corrected chi connectivity index (χ1v) is 18.4. The van der Waals surface area contributed by atoms with Crippen LogP contribution in [0, 0.1) is 5.92 Å². The van der Waals surface area contributed by atoms with E-state index in [9.17, 15) is 0 Å². The maximum absolute atomic E-state index is 6.62. The van der Waals surface area contributed by atoms with Crippen LogP contribution in [-0.4, -0.2) is 15.0 Å². The third-order valence-electron chi connectivity index (χ3n) is 10.4. The standard InChI is InChI=1S/C46H29N3O2S/c1-26-24-38-34(28-14-5-7-19-35(28)50-38)25-33(26)46-48-44(27-12-3-2-4-13-27)47-45(49-46)32-18-10-21-37-43(32)42-30(16-9-20-36(42)51-37)29-17-11-23-40-41(29)31-15-6-8-22-39(31)52-40/h2-23,25-26H,24H2,1H3. The number of hydrogen-bond acceptors (Lipinski definition) is 6. The summed E-state index contributed by atoms with van der Waals surface area (Å²) in [5, 5.41) is 5.69. The van der Waals surface area contributed by atoms with E-state index >= 15 is 0 Å². The number of hydrogen-bond donors (Lipinski definition) is 0. The van der Waals surface area contributed by atoms with E-state index in [0.29, 0.717) is 17.5 Å². The van der Waals surface area contributed by atoms with Crippen molar-refractivity contribution in [2.24, 2.45) is 5.92 Å². The molecule has 10 aromatic rings. The summed E-state index contributed by atoms with van der Waals surface area (Å²) in [6.45, 7) is 2.22. The van der Waals surface area contributed by atoms with Crippen LogP contribution in [0.2, 0.25) is 0 Å². The molecular weight excluding hydrogens is 659 g/mol. The Kier molecular flexibility index (Phi) is 6.39. The summed E-state index contributed by atoms with van der Waals surface area (Å²) in [5.74, 6) is 3.07. The van der Waals surface area contributed by atoms with Crippen LogP contribution >= 0.6 is 11.3 Å². The van der Waals surface area contributed by atoms with Crippen LogP contribution in [0.25, 0.3) is 98.6 Å². The highest BCUT2D eigenvalue weighted by Crippen LogP contribution is 2.46. The van der Waals surface area contributed by atoms with Crippen molar-refractivity contribution in [3.8, 4) is 33.9 Å². The number of rotatable bonds is 4. The number of allylic oxidation sites excluding steroid dienone is 1. The van der Waals surface area contributed by atoms with Gasteiger partial charge >= 0.3 is 0 Å². The summed E-state index contributed by atoms with van der Waals surface area (Å²) in [5.41, 5.74) is 8.86. The summed E-state index contributed by atoms with van der Waals surface area (Å²) in [6, 6.07) is 46.2. The van der Waals surface area contributed by atoms with Crippen LogP contribution in [-0.2, 0) is 6.42 Å². The average molecular weight is 688 g/mol. The molecule has 4 aromatic heterocycles. The van der Waals surface area contributed by atoms with Crippen LogP contribution in [0.1, 0.15) is 24.1 Å². The Morgan fingerprint density at radius 1 is 0.519 bits per heavy atom.